The van der Waals surface area contributed by atoms with Gasteiger partial charge in [-0.2, -0.15) is 5.10 Å². The van der Waals surface area contributed by atoms with Crippen molar-refractivity contribution in [3.8, 4) is 0 Å². The van der Waals surface area contributed by atoms with E-state index in [1.165, 1.54) is 43.4 Å². The summed E-state index contributed by atoms with van der Waals surface area (Å²) in [4.78, 5) is 0. The molecule has 1 saturated carbocycles. The van der Waals surface area contributed by atoms with Gasteiger partial charge in [-0.3, -0.25) is 4.68 Å². The molecule has 1 heterocycles. The van der Waals surface area contributed by atoms with E-state index in [2.05, 4.69) is 22.0 Å². The average molecular weight is 207 g/mol. The first-order valence-corrected chi connectivity index (χ1v) is 6.00. The Kier molecular flexibility index (Phi) is 3.41. The molecule has 3 nitrogen and oxygen atoms in total. The zero-order chi connectivity index (χ0) is 10.7. The van der Waals surface area contributed by atoms with Gasteiger partial charge in [0.2, 0.25) is 0 Å². The summed E-state index contributed by atoms with van der Waals surface area (Å²) in [7, 11) is 1.98. The van der Waals surface area contributed by atoms with Gasteiger partial charge in [0.05, 0.1) is 12.2 Å². The average Bonchev–Trinajstić information content (AvgIpc) is 2.63. The van der Waals surface area contributed by atoms with Gasteiger partial charge in [-0.1, -0.05) is 19.3 Å². The SMILES string of the molecule is CNCc1cnn(C2CCCCC2)c1C. The zero-order valence-electron chi connectivity index (χ0n) is 9.79. The Morgan fingerprint density at radius 3 is 2.80 bits per heavy atom. The fourth-order valence-corrected chi connectivity index (χ4v) is 2.52. The van der Waals surface area contributed by atoms with E-state index in [9.17, 15) is 0 Å². The third-order valence-electron chi connectivity index (χ3n) is 3.43. The molecule has 0 radical (unpaired) electrons. The molecule has 1 aliphatic carbocycles. The molecular formula is C12H21N3. The second-order valence-electron chi connectivity index (χ2n) is 4.52. The van der Waals surface area contributed by atoms with Crippen LogP contribution < -0.4 is 5.32 Å². The summed E-state index contributed by atoms with van der Waals surface area (Å²) in [5, 5.41) is 7.72. The van der Waals surface area contributed by atoms with Crippen LogP contribution in [0.3, 0.4) is 0 Å². The quantitative estimate of drug-likeness (QED) is 0.825. The van der Waals surface area contributed by atoms with Crippen molar-refractivity contribution in [2.75, 3.05) is 7.05 Å². The van der Waals surface area contributed by atoms with Gasteiger partial charge >= 0.3 is 0 Å². The summed E-state index contributed by atoms with van der Waals surface area (Å²) < 4.78 is 2.24. The lowest BCUT2D eigenvalue weighted by Gasteiger charge is -2.23. The Labute approximate surface area is 91.9 Å². The van der Waals surface area contributed by atoms with E-state index in [0.29, 0.717) is 6.04 Å². The largest absolute Gasteiger partial charge is 0.316 e. The summed E-state index contributed by atoms with van der Waals surface area (Å²) in [5.74, 6) is 0. The molecule has 0 unspecified atom stereocenters. The van der Waals surface area contributed by atoms with Crippen LogP contribution in [0.15, 0.2) is 6.20 Å². The Balaban J connectivity index is 2.13. The van der Waals surface area contributed by atoms with E-state index in [0.717, 1.165) is 6.54 Å². The van der Waals surface area contributed by atoms with Gasteiger partial charge in [0.15, 0.2) is 0 Å². The fraction of sp³-hybridized carbons (Fsp3) is 0.750. The highest BCUT2D eigenvalue weighted by molar-refractivity contribution is 5.16. The zero-order valence-corrected chi connectivity index (χ0v) is 9.79. The van der Waals surface area contributed by atoms with Crippen LogP contribution in [0, 0.1) is 6.92 Å². The molecule has 0 saturated heterocycles. The molecule has 0 atom stereocenters. The van der Waals surface area contributed by atoms with Gasteiger partial charge in [-0.25, -0.2) is 0 Å². The molecule has 0 bridgehead atoms. The van der Waals surface area contributed by atoms with Crippen LogP contribution in [0.5, 0.6) is 0 Å². The highest BCUT2D eigenvalue weighted by Gasteiger charge is 2.18. The Bertz CT molecular complexity index is 311. The number of hydrogen-bond acceptors (Lipinski definition) is 2. The van der Waals surface area contributed by atoms with Gasteiger partial charge in [-0.05, 0) is 26.8 Å². The number of nitrogens with zero attached hydrogens (tertiary/aromatic N) is 2. The van der Waals surface area contributed by atoms with Gasteiger partial charge in [-0.15, -0.1) is 0 Å². The lowest BCUT2D eigenvalue weighted by atomic mass is 9.95. The minimum absolute atomic E-state index is 0.657. The molecule has 0 aromatic carbocycles. The normalized spacial score (nSPS) is 18.3. The lowest BCUT2D eigenvalue weighted by molar-refractivity contribution is 0.324. The van der Waals surface area contributed by atoms with Crippen molar-refractivity contribution in [2.24, 2.45) is 0 Å². The van der Waals surface area contributed by atoms with Crippen molar-refractivity contribution in [1.82, 2.24) is 15.1 Å². The van der Waals surface area contributed by atoms with Crippen LogP contribution in [0.25, 0.3) is 0 Å². The second-order valence-corrected chi connectivity index (χ2v) is 4.52. The van der Waals surface area contributed by atoms with Crippen LogP contribution in [-0.2, 0) is 6.54 Å². The first-order valence-electron chi connectivity index (χ1n) is 6.00. The van der Waals surface area contributed by atoms with E-state index < -0.39 is 0 Å². The van der Waals surface area contributed by atoms with Gasteiger partial charge in [0, 0.05) is 17.8 Å². The van der Waals surface area contributed by atoms with Crippen molar-refractivity contribution in [3.63, 3.8) is 0 Å². The summed E-state index contributed by atoms with van der Waals surface area (Å²) in [6.07, 6.45) is 8.76. The number of nitrogens with one attached hydrogen (secondary N) is 1. The third kappa shape index (κ3) is 2.23. The Morgan fingerprint density at radius 1 is 1.40 bits per heavy atom. The second kappa shape index (κ2) is 4.79. The smallest absolute Gasteiger partial charge is 0.0537 e. The molecule has 1 aliphatic rings. The summed E-state index contributed by atoms with van der Waals surface area (Å²) >= 11 is 0. The summed E-state index contributed by atoms with van der Waals surface area (Å²) in [6, 6.07) is 0.657. The van der Waals surface area contributed by atoms with Crippen molar-refractivity contribution in [3.05, 3.63) is 17.5 Å². The monoisotopic (exact) mass is 207 g/mol. The highest BCUT2D eigenvalue weighted by Crippen LogP contribution is 2.29. The molecule has 0 aliphatic heterocycles. The van der Waals surface area contributed by atoms with Crippen molar-refractivity contribution < 1.29 is 0 Å². The lowest BCUT2D eigenvalue weighted by Crippen LogP contribution is -2.16. The molecule has 15 heavy (non-hydrogen) atoms. The molecule has 1 aromatic heterocycles. The molecule has 1 fully saturated rings. The van der Waals surface area contributed by atoms with E-state index in [4.69, 9.17) is 0 Å². The number of aromatic nitrogens is 2. The minimum Gasteiger partial charge on any atom is -0.316 e. The molecule has 1 aromatic rings. The third-order valence-corrected chi connectivity index (χ3v) is 3.43. The minimum atomic E-state index is 0.657. The van der Waals surface area contributed by atoms with E-state index in [1.54, 1.807) is 0 Å². The highest BCUT2D eigenvalue weighted by atomic mass is 15.3. The standard InChI is InChI=1S/C12H21N3/c1-10-11(8-13-2)9-14-15(10)12-6-4-3-5-7-12/h9,12-13H,3-8H2,1-2H3. The Morgan fingerprint density at radius 2 is 2.13 bits per heavy atom. The van der Waals surface area contributed by atoms with Crippen molar-refractivity contribution in [2.45, 2.75) is 51.6 Å². The topological polar surface area (TPSA) is 29.9 Å². The van der Waals surface area contributed by atoms with Gasteiger partial charge < -0.3 is 5.32 Å². The molecule has 2 rings (SSSR count). The molecule has 0 amide bonds. The predicted octanol–water partition coefficient (Wildman–Crippen LogP) is 2.42. The van der Waals surface area contributed by atoms with E-state index in [1.807, 2.05) is 13.2 Å². The van der Waals surface area contributed by atoms with Crippen LogP contribution in [0.1, 0.15) is 49.4 Å². The first kappa shape index (κ1) is 10.7. The van der Waals surface area contributed by atoms with Crippen molar-refractivity contribution in [1.29, 1.82) is 0 Å². The molecule has 84 valence electrons. The molecule has 1 N–H and O–H groups in total. The molecule has 0 spiro atoms. The summed E-state index contributed by atoms with van der Waals surface area (Å²) in [6.45, 7) is 3.12. The van der Waals surface area contributed by atoms with Crippen LogP contribution in [0.4, 0.5) is 0 Å². The molecule has 3 heteroatoms. The van der Waals surface area contributed by atoms with Gasteiger partial charge in [0.1, 0.15) is 0 Å². The van der Waals surface area contributed by atoms with Crippen LogP contribution >= 0.6 is 0 Å². The van der Waals surface area contributed by atoms with E-state index in [-0.39, 0.29) is 0 Å². The van der Waals surface area contributed by atoms with Gasteiger partial charge in [0.25, 0.3) is 0 Å². The summed E-state index contributed by atoms with van der Waals surface area (Å²) in [5.41, 5.74) is 2.68. The number of hydrogen-bond donors (Lipinski definition) is 1. The van der Waals surface area contributed by atoms with Crippen LogP contribution in [-0.4, -0.2) is 16.8 Å². The fourth-order valence-electron chi connectivity index (χ4n) is 2.52. The van der Waals surface area contributed by atoms with Crippen molar-refractivity contribution >= 4 is 0 Å². The maximum atomic E-state index is 4.53. The number of rotatable bonds is 3. The Hall–Kier alpha value is -0.830. The predicted molar refractivity (Wildman–Crippen MR) is 61.8 cm³/mol. The maximum absolute atomic E-state index is 4.53. The van der Waals surface area contributed by atoms with Crippen LogP contribution in [0.2, 0.25) is 0 Å². The van der Waals surface area contributed by atoms with E-state index >= 15 is 0 Å². The molecular weight excluding hydrogens is 186 g/mol. The maximum Gasteiger partial charge on any atom is 0.0537 e. The first-order chi connectivity index (χ1) is 7.33.